The molecule has 3 rings (SSSR count). The molecule has 19 heavy (non-hydrogen) atoms. The highest BCUT2D eigenvalue weighted by molar-refractivity contribution is 5.98. The highest BCUT2D eigenvalue weighted by atomic mass is 16.1. The van der Waals surface area contributed by atoms with Crippen molar-refractivity contribution < 1.29 is 4.79 Å². The molecule has 0 aliphatic heterocycles. The van der Waals surface area contributed by atoms with Crippen molar-refractivity contribution >= 4 is 17.3 Å². The van der Waals surface area contributed by atoms with E-state index >= 15 is 0 Å². The van der Waals surface area contributed by atoms with Gasteiger partial charge in [0.05, 0.1) is 5.92 Å². The van der Waals surface area contributed by atoms with Gasteiger partial charge in [-0.3, -0.25) is 4.79 Å². The number of nitrogens with two attached hydrogens (primary N) is 1. The van der Waals surface area contributed by atoms with E-state index in [0.29, 0.717) is 5.69 Å². The van der Waals surface area contributed by atoms with Crippen LogP contribution in [0.5, 0.6) is 0 Å². The first kappa shape index (κ1) is 11.8. The molecule has 96 valence electrons. The predicted octanol–water partition coefficient (Wildman–Crippen LogP) is 2.86. The van der Waals surface area contributed by atoms with Gasteiger partial charge in [0.25, 0.3) is 0 Å². The molecule has 2 aromatic carbocycles. The summed E-state index contributed by atoms with van der Waals surface area (Å²) in [7, 11) is 0. The lowest BCUT2D eigenvalue weighted by Gasteiger charge is -2.29. The smallest absolute Gasteiger partial charge is 0.232 e. The molecule has 0 saturated heterocycles. The summed E-state index contributed by atoms with van der Waals surface area (Å²) in [5, 5.41) is 2.97. The molecule has 3 nitrogen and oxygen atoms in total. The summed E-state index contributed by atoms with van der Waals surface area (Å²) in [4.78, 5) is 12.3. The Hall–Kier alpha value is -2.29. The monoisotopic (exact) mass is 252 g/mol. The second-order valence-corrected chi connectivity index (χ2v) is 4.96. The Morgan fingerprint density at radius 3 is 2.79 bits per heavy atom. The molecule has 1 amide bonds. The topological polar surface area (TPSA) is 55.1 Å². The minimum atomic E-state index is -0.0305. The lowest BCUT2D eigenvalue weighted by atomic mass is 9.77. The van der Waals surface area contributed by atoms with Crippen LogP contribution in [0.25, 0.3) is 0 Å². The van der Waals surface area contributed by atoms with E-state index < -0.39 is 0 Å². The molecular formula is C16H16N2O. The minimum absolute atomic E-state index is 0.0305. The maximum Gasteiger partial charge on any atom is 0.232 e. The molecule has 1 aliphatic carbocycles. The molecule has 1 atom stereocenters. The van der Waals surface area contributed by atoms with Crippen LogP contribution in [0.3, 0.4) is 0 Å². The van der Waals surface area contributed by atoms with Crippen LogP contribution >= 0.6 is 0 Å². The van der Waals surface area contributed by atoms with Gasteiger partial charge in [-0.25, -0.2) is 0 Å². The third-order valence-corrected chi connectivity index (χ3v) is 3.80. The highest BCUT2D eigenvalue weighted by Crippen LogP contribution is 2.36. The average molecular weight is 252 g/mol. The van der Waals surface area contributed by atoms with Crippen LogP contribution in [0.2, 0.25) is 0 Å². The van der Waals surface area contributed by atoms with Gasteiger partial charge in [0.2, 0.25) is 5.91 Å². The van der Waals surface area contributed by atoms with Crippen molar-refractivity contribution in [3.8, 4) is 0 Å². The van der Waals surface area contributed by atoms with Crippen LogP contribution in [0.15, 0.2) is 42.5 Å². The van der Waals surface area contributed by atoms with Crippen molar-refractivity contribution in [2.75, 3.05) is 11.1 Å². The maximum absolute atomic E-state index is 12.3. The lowest BCUT2D eigenvalue weighted by Crippen LogP contribution is -2.30. The molecule has 3 heteroatoms. The maximum atomic E-state index is 12.3. The lowest BCUT2D eigenvalue weighted by molar-refractivity contribution is -0.118. The fourth-order valence-corrected chi connectivity index (χ4v) is 2.50. The number of carbonyl (C=O) groups excluding carboxylic acids is 1. The zero-order chi connectivity index (χ0) is 13.4. The molecule has 0 spiro atoms. The number of nitrogen functional groups attached to an aromatic ring is 1. The van der Waals surface area contributed by atoms with E-state index in [1.54, 1.807) is 0 Å². The van der Waals surface area contributed by atoms with Gasteiger partial charge in [-0.2, -0.15) is 0 Å². The second-order valence-electron chi connectivity index (χ2n) is 4.96. The van der Waals surface area contributed by atoms with Crippen molar-refractivity contribution in [1.29, 1.82) is 0 Å². The number of nitrogens with one attached hydrogen (secondary N) is 1. The van der Waals surface area contributed by atoms with E-state index in [2.05, 4.69) is 11.4 Å². The van der Waals surface area contributed by atoms with Crippen LogP contribution in [0.1, 0.15) is 22.6 Å². The van der Waals surface area contributed by atoms with Crippen LogP contribution in [-0.2, 0) is 11.2 Å². The molecule has 0 saturated carbocycles. The summed E-state index contributed by atoms with van der Waals surface area (Å²) in [6, 6.07) is 13.7. The Kier molecular flexibility index (Phi) is 2.75. The van der Waals surface area contributed by atoms with Gasteiger partial charge in [-0.15, -0.1) is 0 Å². The number of anilines is 2. The molecule has 2 aromatic rings. The third kappa shape index (κ3) is 1.97. The summed E-state index contributed by atoms with van der Waals surface area (Å²) in [6.07, 6.45) is 0.823. The van der Waals surface area contributed by atoms with Gasteiger partial charge in [0.15, 0.2) is 0 Å². The standard InChI is InChI=1S/C16H16N2O/c1-10-14(17)7-4-8-15(10)18-16(19)13-9-11-5-2-3-6-12(11)13/h2-8,13H,9,17H2,1H3,(H,18,19). The first-order valence-electron chi connectivity index (χ1n) is 6.40. The Balaban J connectivity index is 1.79. The van der Waals surface area contributed by atoms with E-state index in [9.17, 15) is 4.79 Å². The van der Waals surface area contributed by atoms with Gasteiger partial charge in [0.1, 0.15) is 0 Å². The van der Waals surface area contributed by atoms with Crippen molar-refractivity contribution in [1.82, 2.24) is 0 Å². The molecule has 1 unspecified atom stereocenters. The fraction of sp³-hybridized carbons (Fsp3) is 0.188. The van der Waals surface area contributed by atoms with E-state index in [-0.39, 0.29) is 11.8 Å². The van der Waals surface area contributed by atoms with Gasteiger partial charge in [-0.1, -0.05) is 30.3 Å². The Morgan fingerprint density at radius 2 is 2.00 bits per heavy atom. The van der Waals surface area contributed by atoms with Crippen molar-refractivity contribution in [3.05, 3.63) is 59.2 Å². The Morgan fingerprint density at radius 1 is 1.21 bits per heavy atom. The van der Waals surface area contributed by atoms with Crippen molar-refractivity contribution in [3.63, 3.8) is 0 Å². The molecule has 0 aromatic heterocycles. The van der Waals surface area contributed by atoms with Crippen LogP contribution in [-0.4, -0.2) is 5.91 Å². The number of hydrogen-bond donors (Lipinski definition) is 2. The second kappa shape index (κ2) is 4.43. The SMILES string of the molecule is Cc1c(N)cccc1NC(=O)C1Cc2ccccc21. The minimum Gasteiger partial charge on any atom is -0.398 e. The van der Waals surface area contributed by atoms with Crippen LogP contribution in [0.4, 0.5) is 11.4 Å². The van der Waals surface area contributed by atoms with E-state index in [0.717, 1.165) is 23.2 Å². The molecule has 0 heterocycles. The van der Waals surface area contributed by atoms with Gasteiger partial charge in [0, 0.05) is 11.4 Å². The van der Waals surface area contributed by atoms with Crippen LogP contribution in [0, 0.1) is 6.92 Å². The number of rotatable bonds is 2. The summed E-state index contributed by atoms with van der Waals surface area (Å²) in [5.41, 5.74) is 10.7. The summed E-state index contributed by atoms with van der Waals surface area (Å²) >= 11 is 0. The van der Waals surface area contributed by atoms with Gasteiger partial charge >= 0.3 is 0 Å². The first-order chi connectivity index (χ1) is 9.16. The summed E-state index contributed by atoms with van der Waals surface area (Å²) < 4.78 is 0. The predicted molar refractivity (Wildman–Crippen MR) is 77.1 cm³/mol. The molecule has 1 aliphatic rings. The molecular weight excluding hydrogens is 236 g/mol. The number of amides is 1. The number of hydrogen-bond acceptors (Lipinski definition) is 2. The quantitative estimate of drug-likeness (QED) is 0.807. The van der Waals surface area contributed by atoms with Crippen molar-refractivity contribution in [2.45, 2.75) is 19.3 Å². The van der Waals surface area contributed by atoms with Gasteiger partial charge < -0.3 is 11.1 Å². The molecule has 3 N–H and O–H groups in total. The van der Waals surface area contributed by atoms with Crippen molar-refractivity contribution in [2.24, 2.45) is 0 Å². The van der Waals surface area contributed by atoms with E-state index in [1.807, 2.05) is 43.3 Å². The normalized spacial score (nSPS) is 16.4. The Bertz CT molecular complexity index is 649. The first-order valence-corrected chi connectivity index (χ1v) is 6.40. The zero-order valence-electron chi connectivity index (χ0n) is 10.8. The zero-order valence-corrected chi connectivity index (χ0v) is 10.8. The fourth-order valence-electron chi connectivity index (χ4n) is 2.50. The van der Waals surface area contributed by atoms with Gasteiger partial charge in [-0.05, 0) is 42.2 Å². The third-order valence-electron chi connectivity index (χ3n) is 3.80. The Labute approximate surface area is 112 Å². The largest absolute Gasteiger partial charge is 0.398 e. The number of benzene rings is 2. The van der Waals surface area contributed by atoms with E-state index in [1.165, 1.54) is 5.56 Å². The summed E-state index contributed by atoms with van der Waals surface area (Å²) in [5.74, 6) is 0.0180. The number of fused-ring (bicyclic) bond motifs is 1. The average Bonchev–Trinajstić information content (AvgIpc) is 2.36. The highest BCUT2D eigenvalue weighted by Gasteiger charge is 2.31. The molecule has 0 radical (unpaired) electrons. The van der Waals surface area contributed by atoms with E-state index in [4.69, 9.17) is 5.73 Å². The summed E-state index contributed by atoms with van der Waals surface area (Å²) in [6.45, 7) is 1.92. The number of carbonyl (C=O) groups is 1. The molecule has 0 fully saturated rings. The molecule has 0 bridgehead atoms. The van der Waals surface area contributed by atoms with Crippen LogP contribution < -0.4 is 11.1 Å².